The summed E-state index contributed by atoms with van der Waals surface area (Å²) < 4.78 is 28.4. The number of esters is 1. The zero-order valence-corrected chi connectivity index (χ0v) is 13.9. The fourth-order valence-corrected chi connectivity index (χ4v) is 4.18. The van der Waals surface area contributed by atoms with Crippen LogP contribution in [0.3, 0.4) is 0 Å². The molecule has 0 atom stereocenters. The number of aryl methyl sites for hydroxylation is 1. The van der Waals surface area contributed by atoms with Crippen LogP contribution in [0, 0.1) is 0 Å². The lowest BCUT2D eigenvalue weighted by Crippen LogP contribution is -2.26. The number of carbonyl (C=O) groups is 2. The number of rotatable bonds is 6. The molecule has 0 radical (unpaired) electrons. The molecule has 0 bridgehead atoms. The van der Waals surface area contributed by atoms with Gasteiger partial charge in [0.25, 0.3) is 0 Å². The SMILES string of the molecule is COC(=O)CCC(=O)NCCc1ccc2c(c1)CCCS2(=O)=O. The molecule has 23 heavy (non-hydrogen) atoms. The number of amides is 1. The highest BCUT2D eigenvalue weighted by Gasteiger charge is 2.23. The largest absolute Gasteiger partial charge is 0.469 e. The summed E-state index contributed by atoms with van der Waals surface area (Å²) in [5.74, 6) is -0.387. The van der Waals surface area contributed by atoms with Crippen molar-refractivity contribution in [3.8, 4) is 0 Å². The first-order valence-corrected chi connectivity index (χ1v) is 9.25. The average Bonchev–Trinajstić information content (AvgIpc) is 2.52. The Morgan fingerprint density at radius 2 is 2.04 bits per heavy atom. The Bertz CT molecular complexity index is 696. The van der Waals surface area contributed by atoms with Crippen molar-refractivity contribution in [2.45, 2.75) is 37.0 Å². The van der Waals surface area contributed by atoms with Crippen LogP contribution in [0.25, 0.3) is 0 Å². The third-order valence-corrected chi connectivity index (χ3v) is 5.73. The van der Waals surface area contributed by atoms with Gasteiger partial charge in [0.2, 0.25) is 5.91 Å². The van der Waals surface area contributed by atoms with Crippen LogP contribution in [-0.4, -0.2) is 39.7 Å². The quantitative estimate of drug-likeness (QED) is 0.782. The van der Waals surface area contributed by atoms with Crippen molar-refractivity contribution < 1.29 is 22.7 Å². The maximum atomic E-state index is 11.9. The van der Waals surface area contributed by atoms with Gasteiger partial charge in [-0.05, 0) is 36.5 Å². The Hall–Kier alpha value is -1.89. The summed E-state index contributed by atoms with van der Waals surface area (Å²) in [6, 6.07) is 5.37. The van der Waals surface area contributed by atoms with Crippen molar-refractivity contribution in [1.82, 2.24) is 5.32 Å². The second-order valence-electron chi connectivity index (χ2n) is 5.54. The minimum absolute atomic E-state index is 0.0685. The molecule has 1 amide bonds. The predicted molar refractivity (Wildman–Crippen MR) is 84.8 cm³/mol. The molecule has 1 N–H and O–H groups in total. The molecule has 0 saturated carbocycles. The Labute approximate surface area is 136 Å². The zero-order valence-electron chi connectivity index (χ0n) is 13.1. The van der Waals surface area contributed by atoms with Gasteiger partial charge in [-0.25, -0.2) is 8.42 Å². The van der Waals surface area contributed by atoms with Crippen LogP contribution in [-0.2, 0) is 37.0 Å². The van der Waals surface area contributed by atoms with Crippen LogP contribution in [0.1, 0.15) is 30.4 Å². The third kappa shape index (κ3) is 4.79. The van der Waals surface area contributed by atoms with Crippen LogP contribution >= 0.6 is 0 Å². The van der Waals surface area contributed by atoms with Gasteiger partial charge in [0.1, 0.15) is 0 Å². The third-order valence-electron chi connectivity index (χ3n) is 3.84. The molecule has 0 spiro atoms. The molecule has 0 aromatic heterocycles. The summed E-state index contributed by atoms with van der Waals surface area (Å²) in [6.45, 7) is 0.450. The summed E-state index contributed by atoms with van der Waals surface area (Å²) in [6.07, 6.45) is 2.22. The van der Waals surface area contributed by atoms with E-state index < -0.39 is 15.8 Å². The Morgan fingerprint density at radius 1 is 1.26 bits per heavy atom. The number of ether oxygens (including phenoxy) is 1. The highest BCUT2D eigenvalue weighted by molar-refractivity contribution is 7.91. The highest BCUT2D eigenvalue weighted by atomic mass is 32.2. The molecule has 6 nitrogen and oxygen atoms in total. The lowest BCUT2D eigenvalue weighted by molar-refractivity contribution is -0.142. The van der Waals surface area contributed by atoms with Crippen molar-refractivity contribution >= 4 is 21.7 Å². The first-order chi connectivity index (χ1) is 10.9. The van der Waals surface area contributed by atoms with Crippen molar-refractivity contribution in [3.63, 3.8) is 0 Å². The molecule has 0 aliphatic carbocycles. The molecule has 2 rings (SSSR count). The van der Waals surface area contributed by atoms with E-state index in [4.69, 9.17) is 0 Å². The summed E-state index contributed by atoms with van der Waals surface area (Å²) in [7, 11) is -1.84. The number of hydrogen-bond acceptors (Lipinski definition) is 5. The van der Waals surface area contributed by atoms with E-state index in [0.29, 0.717) is 24.3 Å². The lowest BCUT2D eigenvalue weighted by atomic mass is 10.0. The first-order valence-electron chi connectivity index (χ1n) is 7.60. The molecule has 126 valence electrons. The Morgan fingerprint density at radius 3 is 2.78 bits per heavy atom. The van der Waals surface area contributed by atoms with E-state index in [1.54, 1.807) is 12.1 Å². The van der Waals surface area contributed by atoms with E-state index in [9.17, 15) is 18.0 Å². The molecule has 7 heteroatoms. The van der Waals surface area contributed by atoms with Crippen molar-refractivity contribution in [3.05, 3.63) is 29.3 Å². The maximum Gasteiger partial charge on any atom is 0.306 e. The number of benzene rings is 1. The number of methoxy groups -OCH3 is 1. The van der Waals surface area contributed by atoms with Crippen LogP contribution < -0.4 is 5.32 Å². The van der Waals surface area contributed by atoms with E-state index in [1.807, 2.05) is 6.07 Å². The van der Waals surface area contributed by atoms with Gasteiger partial charge in [-0.3, -0.25) is 9.59 Å². The van der Waals surface area contributed by atoms with Gasteiger partial charge >= 0.3 is 5.97 Å². The molecule has 1 aromatic rings. The topological polar surface area (TPSA) is 89.5 Å². The fraction of sp³-hybridized carbons (Fsp3) is 0.500. The summed E-state index contributed by atoms with van der Waals surface area (Å²) in [5, 5.41) is 2.74. The molecule has 1 aromatic carbocycles. The summed E-state index contributed by atoms with van der Waals surface area (Å²) >= 11 is 0. The number of fused-ring (bicyclic) bond motifs is 1. The zero-order chi connectivity index (χ0) is 16.9. The first kappa shape index (κ1) is 17.5. The monoisotopic (exact) mass is 339 g/mol. The summed E-state index contributed by atoms with van der Waals surface area (Å²) in [4.78, 5) is 23.0. The minimum atomic E-state index is -3.12. The van der Waals surface area contributed by atoms with Crippen LogP contribution in [0.15, 0.2) is 23.1 Å². The predicted octanol–water partition coefficient (Wildman–Crippen LogP) is 1.02. The maximum absolute atomic E-state index is 11.9. The van der Waals surface area contributed by atoms with Gasteiger partial charge in [0.05, 0.1) is 24.2 Å². The smallest absolute Gasteiger partial charge is 0.306 e. The van der Waals surface area contributed by atoms with Crippen LogP contribution in [0.4, 0.5) is 0 Å². The Balaban J connectivity index is 1.85. The fourth-order valence-electron chi connectivity index (χ4n) is 2.60. The van der Waals surface area contributed by atoms with Gasteiger partial charge in [0, 0.05) is 13.0 Å². The number of sulfone groups is 1. The van der Waals surface area contributed by atoms with E-state index >= 15 is 0 Å². The highest BCUT2D eigenvalue weighted by Crippen LogP contribution is 2.25. The molecular weight excluding hydrogens is 318 g/mol. The van der Waals surface area contributed by atoms with E-state index in [0.717, 1.165) is 17.5 Å². The number of hydrogen-bond donors (Lipinski definition) is 1. The lowest BCUT2D eigenvalue weighted by Gasteiger charge is -2.17. The van der Waals surface area contributed by atoms with Crippen LogP contribution in [0.5, 0.6) is 0 Å². The van der Waals surface area contributed by atoms with Crippen molar-refractivity contribution in [1.29, 1.82) is 0 Å². The van der Waals surface area contributed by atoms with Gasteiger partial charge in [-0.1, -0.05) is 12.1 Å². The number of nitrogens with one attached hydrogen (secondary N) is 1. The number of carbonyl (C=O) groups excluding carboxylic acids is 2. The molecule has 1 aliphatic heterocycles. The molecule has 0 fully saturated rings. The molecule has 0 saturated heterocycles. The van der Waals surface area contributed by atoms with E-state index in [-0.39, 0.29) is 24.5 Å². The molecule has 0 unspecified atom stereocenters. The molecule has 1 aliphatic rings. The average molecular weight is 339 g/mol. The van der Waals surface area contributed by atoms with E-state index in [1.165, 1.54) is 7.11 Å². The van der Waals surface area contributed by atoms with Gasteiger partial charge in [0.15, 0.2) is 9.84 Å². The standard InChI is InChI=1S/C16H21NO5S/c1-22-16(19)7-6-15(18)17-9-8-12-4-5-14-13(11-12)3-2-10-23(14,20)21/h4-5,11H,2-3,6-10H2,1H3,(H,17,18). The molecular formula is C16H21NO5S. The Kier molecular flexibility index (Phi) is 5.76. The normalized spacial score (nSPS) is 15.5. The second kappa shape index (κ2) is 7.59. The van der Waals surface area contributed by atoms with Gasteiger partial charge in [-0.2, -0.15) is 0 Å². The van der Waals surface area contributed by atoms with E-state index in [2.05, 4.69) is 10.1 Å². The van der Waals surface area contributed by atoms with Crippen molar-refractivity contribution in [2.24, 2.45) is 0 Å². The minimum Gasteiger partial charge on any atom is -0.469 e. The molecule has 1 heterocycles. The van der Waals surface area contributed by atoms with Crippen LogP contribution in [0.2, 0.25) is 0 Å². The summed E-state index contributed by atoms with van der Waals surface area (Å²) in [5.41, 5.74) is 1.86. The van der Waals surface area contributed by atoms with Gasteiger partial charge in [-0.15, -0.1) is 0 Å². The van der Waals surface area contributed by atoms with Gasteiger partial charge < -0.3 is 10.1 Å². The second-order valence-corrected chi connectivity index (χ2v) is 7.62. The van der Waals surface area contributed by atoms with Crippen molar-refractivity contribution in [2.75, 3.05) is 19.4 Å².